The van der Waals surface area contributed by atoms with Crippen molar-refractivity contribution in [2.24, 2.45) is 0 Å². The zero-order valence-corrected chi connectivity index (χ0v) is 13.5. The van der Waals surface area contributed by atoms with Crippen molar-refractivity contribution in [2.75, 3.05) is 0 Å². The number of benzene rings is 1. The average molecular weight is 341 g/mol. The SMILES string of the molecule is Cc1ccn2c(F)c(C(=O)NCc3ccc4nsnc4c3)nc2c1. The van der Waals surface area contributed by atoms with E-state index in [2.05, 4.69) is 19.0 Å². The Morgan fingerprint density at radius 2 is 2.08 bits per heavy atom. The number of carbonyl (C=O) groups excluding carboxylic acids is 1. The molecule has 1 N–H and O–H groups in total. The fourth-order valence-electron chi connectivity index (χ4n) is 2.46. The molecule has 0 saturated heterocycles. The fourth-order valence-corrected chi connectivity index (χ4v) is 2.98. The number of hydrogen-bond acceptors (Lipinski definition) is 5. The van der Waals surface area contributed by atoms with Crippen molar-refractivity contribution in [3.8, 4) is 0 Å². The van der Waals surface area contributed by atoms with Crippen LogP contribution >= 0.6 is 11.7 Å². The Morgan fingerprint density at radius 1 is 1.25 bits per heavy atom. The van der Waals surface area contributed by atoms with E-state index in [-0.39, 0.29) is 12.2 Å². The first kappa shape index (κ1) is 14.7. The maximum Gasteiger partial charge on any atom is 0.274 e. The van der Waals surface area contributed by atoms with Crippen LogP contribution < -0.4 is 5.32 Å². The lowest BCUT2D eigenvalue weighted by Gasteiger charge is -2.03. The van der Waals surface area contributed by atoms with Crippen molar-refractivity contribution in [3.63, 3.8) is 0 Å². The van der Waals surface area contributed by atoms with E-state index >= 15 is 0 Å². The van der Waals surface area contributed by atoms with Crippen molar-refractivity contribution in [1.82, 2.24) is 23.4 Å². The molecule has 0 unspecified atom stereocenters. The summed E-state index contributed by atoms with van der Waals surface area (Å²) in [6, 6.07) is 9.03. The number of pyridine rings is 1. The van der Waals surface area contributed by atoms with Crippen LogP contribution in [-0.2, 0) is 6.54 Å². The highest BCUT2D eigenvalue weighted by atomic mass is 32.1. The Bertz CT molecular complexity index is 1070. The number of aryl methyl sites for hydroxylation is 1. The van der Waals surface area contributed by atoms with Crippen LogP contribution in [-0.4, -0.2) is 24.0 Å². The number of amides is 1. The molecular weight excluding hydrogens is 329 g/mol. The van der Waals surface area contributed by atoms with Gasteiger partial charge in [-0.2, -0.15) is 13.1 Å². The lowest BCUT2D eigenvalue weighted by atomic mass is 10.2. The third-order valence-corrected chi connectivity index (χ3v) is 4.27. The molecule has 0 aliphatic heterocycles. The molecule has 1 amide bonds. The largest absolute Gasteiger partial charge is 0.346 e. The molecule has 0 aliphatic carbocycles. The number of imidazole rings is 1. The first-order valence-corrected chi connectivity index (χ1v) is 7.98. The van der Waals surface area contributed by atoms with Crippen LogP contribution in [0.1, 0.15) is 21.6 Å². The first-order valence-electron chi connectivity index (χ1n) is 7.25. The lowest BCUT2D eigenvalue weighted by molar-refractivity contribution is 0.0942. The van der Waals surface area contributed by atoms with Gasteiger partial charge in [0.1, 0.15) is 16.7 Å². The van der Waals surface area contributed by atoms with E-state index in [1.54, 1.807) is 18.3 Å². The van der Waals surface area contributed by atoms with E-state index in [1.165, 1.54) is 4.40 Å². The molecule has 4 aromatic rings. The summed E-state index contributed by atoms with van der Waals surface area (Å²) in [5, 5.41) is 2.69. The molecule has 0 radical (unpaired) electrons. The smallest absolute Gasteiger partial charge is 0.274 e. The molecule has 4 rings (SSSR count). The van der Waals surface area contributed by atoms with Gasteiger partial charge in [-0.1, -0.05) is 6.07 Å². The van der Waals surface area contributed by atoms with E-state index in [0.29, 0.717) is 5.65 Å². The Balaban J connectivity index is 1.56. The van der Waals surface area contributed by atoms with Gasteiger partial charge in [-0.25, -0.2) is 4.98 Å². The quantitative estimate of drug-likeness (QED) is 0.622. The molecule has 6 nitrogen and oxygen atoms in total. The molecule has 0 bridgehead atoms. The van der Waals surface area contributed by atoms with Gasteiger partial charge >= 0.3 is 0 Å². The normalized spacial score (nSPS) is 11.2. The molecule has 0 spiro atoms. The second-order valence-corrected chi connectivity index (χ2v) is 5.98. The van der Waals surface area contributed by atoms with Crippen LogP contribution in [0.3, 0.4) is 0 Å². The van der Waals surface area contributed by atoms with Crippen molar-refractivity contribution in [2.45, 2.75) is 13.5 Å². The zero-order chi connectivity index (χ0) is 16.7. The minimum Gasteiger partial charge on any atom is -0.346 e. The third kappa shape index (κ3) is 2.50. The second kappa shape index (κ2) is 5.64. The molecule has 8 heteroatoms. The van der Waals surface area contributed by atoms with Crippen molar-refractivity contribution in [3.05, 3.63) is 59.3 Å². The minimum absolute atomic E-state index is 0.211. The summed E-state index contributed by atoms with van der Waals surface area (Å²) in [7, 11) is 0. The Kier molecular flexibility index (Phi) is 3.46. The van der Waals surface area contributed by atoms with Gasteiger partial charge in [0.25, 0.3) is 5.91 Å². The van der Waals surface area contributed by atoms with Crippen LogP contribution in [0.15, 0.2) is 36.5 Å². The molecule has 24 heavy (non-hydrogen) atoms. The van der Waals surface area contributed by atoms with Gasteiger partial charge in [-0.05, 0) is 42.3 Å². The van der Waals surface area contributed by atoms with E-state index in [9.17, 15) is 9.18 Å². The van der Waals surface area contributed by atoms with Crippen LogP contribution in [0.25, 0.3) is 16.7 Å². The van der Waals surface area contributed by atoms with Crippen molar-refractivity contribution < 1.29 is 9.18 Å². The van der Waals surface area contributed by atoms with Crippen LogP contribution in [0, 0.1) is 12.9 Å². The molecular formula is C16H12FN5OS. The van der Waals surface area contributed by atoms with Gasteiger partial charge in [-0.15, -0.1) is 0 Å². The molecule has 1 aromatic carbocycles. The number of halogens is 1. The van der Waals surface area contributed by atoms with Crippen LogP contribution in [0.2, 0.25) is 0 Å². The summed E-state index contributed by atoms with van der Waals surface area (Å²) < 4.78 is 23.9. The zero-order valence-electron chi connectivity index (χ0n) is 12.7. The highest BCUT2D eigenvalue weighted by Crippen LogP contribution is 2.15. The molecule has 0 atom stereocenters. The predicted molar refractivity (Wildman–Crippen MR) is 88.5 cm³/mol. The van der Waals surface area contributed by atoms with E-state index in [1.807, 2.05) is 25.1 Å². The van der Waals surface area contributed by atoms with Gasteiger partial charge < -0.3 is 5.32 Å². The average Bonchev–Trinajstić information content (AvgIpc) is 3.16. The van der Waals surface area contributed by atoms with Crippen LogP contribution in [0.5, 0.6) is 0 Å². The first-order chi connectivity index (χ1) is 11.6. The summed E-state index contributed by atoms with van der Waals surface area (Å²) in [6.45, 7) is 2.15. The third-order valence-electron chi connectivity index (χ3n) is 3.71. The Labute approximate surface area is 140 Å². The predicted octanol–water partition coefficient (Wildman–Crippen LogP) is 2.72. The molecule has 3 heterocycles. The van der Waals surface area contributed by atoms with E-state index in [4.69, 9.17) is 0 Å². The van der Waals surface area contributed by atoms with Crippen molar-refractivity contribution in [1.29, 1.82) is 0 Å². The summed E-state index contributed by atoms with van der Waals surface area (Å²) in [5.74, 6) is -1.22. The number of fused-ring (bicyclic) bond motifs is 2. The standard InChI is InChI=1S/C16H12FN5OS/c1-9-4-5-22-13(6-9)19-14(15(22)17)16(23)18-8-10-2-3-11-12(7-10)21-24-20-11/h2-7H,8H2,1H3,(H,18,23). The highest BCUT2D eigenvalue weighted by Gasteiger charge is 2.18. The topological polar surface area (TPSA) is 72.2 Å². The maximum absolute atomic E-state index is 14.3. The van der Waals surface area contributed by atoms with E-state index in [0.717, 1.165) is 33.9 Å². The number of nitrogens with one attached hydrogen (secondary N) is 1. The summed E-state index contributed by atoms with van der Waals surface area (Å²) in [6.07, 6.45) is 1.56. The number of rotatable bonds is 3. The summed E-state index contributed by atoms with van der Waals surface area (Å²) in [5.41, 5.74) is 3.61. The van der Waals surface area contributed by atoms with E-state index < -0.39 is 11.9 Å². The number of hydrogen-bond donors (Lipinski definition) is 1. The van der Waals surface area contributed by atoms with Crippen LogP contribution in [0.4, 0.5) is 4.39 Å². The number of aromatic nitrogens is 4. The van der Waals surface area contributed by atoms with Gasteiger partial charge in [0.15, 0.2) is 5.69 Å². The Morgan fingerprint density at radius 3 is 2.96 bits per heavy atom. The molecule has 0 saturated carbocycles. The monoisotopic (exact) mass is 341 g/mol. The van der Waals surface area contributed by atoms with Gasteiger partial charge in [-0.3, -0.25) is 9.20 Å². The molecule has 0 fully saturated rings. The fraction of sp³-hybridized carbons (Fsp3) is 0.125. The minimum atomic E-state index is -0.665. The van der Waals surface area contributed by atoms with Gasteiger partial charge in [0.2, 0.25) is 5.95 Å². The van der Waals surface area contributed by atoms with Crippen molar-refractivity contribution >= 4 is 34.3 Å². The number of carbonyl (C=O) groups is 1. The van der Waals surface area contributed by atoms with Gasteiger partial charge in [0.05, 0.1) is 11.7 Å². The Hall–Kier alpha value is -2.87. The lowest BCUT2D eigenvalue weighted by Crippen LogP contribution is -2.24. The molecule has 3 aromatic heterocycles. The molecule has 120 valence electrons. The van der Waals surface area contributed by atoms with Gasteiger partial charge in [0, 0.05) is 12.7 Å². The summed E-state index contributed by atoms with van der Waals surface area (Å²) >= 11 is 1.14. The second-order valence-electron chi connectivity index (χ2n) is 5.45. The highest BCUT2D eigenvalue weighted by molar-refractivity contribution is 7.00. The summed E-state index contributed by atoms with van der Waals surface area (Å²) in [4.78, 5) is 16.3. The maximum atomic E-state index is 14.3. The molecule has 0 aliphatic rings. The number of nitrogens with zero attached hydrogens (tertiary/aromatic N) is 4.